The number of aromatic nitrogens is 1. The zero-order valence-corrected chi connectivity index (χ0v) is 8.57. The molecule has 14 heavy (non-hydrogen) atoms. The number of nitrogens with one attached hydrogen (secondary N) is 1. The highest BCUT2D eigenvalue weighted by molar-refractivity contribution is 5.93. The van der Waals surface area contributed by atoms with Gasteiger partial charge in [0.2, 0.25) is 0 Å². The van der Waals surface area contributed by atoms with Crippen LogP contribution in [0.5, 0.6) is 0 Å². The molecule has 4 nitrogen and oxygen atoms in total. The highest BCUT2D eigenvalue weighted by atomic mass is 16.7. The number of hydrogen-bond acceptors (Lipinski definition) is 3. The minimum atomic E-state index is -0.391. The zero-order valence-electron chi connectivity index (χ0n) is 8.57. The van der Waals surface area contributed by atoms with Crippen LogP contribution in [0.1, 0.15) is 31.1 Å². The Morgan fingerprint density at radius 3 is 2.71 bits per heavy atom. The summed E-state index contributed by atoms with van der Waals surface area (Å²) in [5, 5.41) is 0. The lowest BCUT2D eigenvalue weighted by Crippen LogP contribution is -2.33. The summed E-state index contributed by atoms with van der Waals surface area (Å²) in [6.45, 7) is 5.57. The first kappa shape index (κ1) is 10.7. The van der Waals surface area contributed by atoms with E-state index in [1.807, 2.05) is 20.8 Å². The lowest BCUT2D eigenvalue weighted by molar-refractivity contribution is -0.0589. The minimum Gasteiger partial charge on any atom is -0.268 e. The van der Waals surface area contributed by atoms with Crippen LogP contribution in [-0.4, -0.2) is 16.5 Å². The Hall–Kier alpha value is -1.42. The third-order valence-electron chi connectivity index (χ3n) is 1.37. The molecule has 0 bridgehead atoms. The van der Waals surface area contributed by atoms with E-state index >= 15 is 0 Å². The largest absolute Gasteiger partial charge is 0.276 e. The van der Waals surface area contributed by atoms with Gasteiger partial charge in [0.05, 0.1) is 11.2 Å². The highest BCUT2D eigenvalue weighted by Gasteiger charge is 2.13. The van der Waals surface area contributed by atoms with E-state index in [9.17, 15) is 4.79 Å². The van der Waals surface area contributed by atoms with E-state index in [-0.39, 0.29) is 5.91 Å². The highest BCUT2D eigenvalue weighted by Crippen LogP contribution is 2.04. The second-order valence-corrected chi connectivity index (χ2v) is 3.89. The number of pyridine rings is 1. The molecule has 0 aliphatic heterocycles. The summed E-state index contributed by atoms with van der Waals surface area (Å²) in [5.41, 5.74) is 2.45. The normalized spacial score (nSPS) is 11.1. The van der Waals surface area contributed by atoms with E-state index in [0.29, 0.717) is 5.56 Å². The molecule has 0 aromatic carbocycles. The van der Waals surface area contributed by atoms with Gasteiger partial charge in [0, 0.05) is 12.4 Å². The van der Waals surface area contributed by atoms with Crippen molar-refractivity contribution in [1.29, 1.82) is 0 Å². The van der Waals surface area contributed by atoms with Gasteiger partial charge in [-0.05, 0) is 32.9 Å². The van der Waals surface area contributed by atoms with E-state index in [4.69, 9.17) is 4.84 Å². The predicted octanol–water partition coefficient (Wildman–Crippen LogP) is 1.54. The summed E-state index contributed by atoms with van der Waals surface area (Å²) >= 11 is 0. The van der Waals surface area contributed by atoms with Gasteiger partial charge in [-0.3, -0.25) is 14.6 Å². The van der Waals surface area contributed by atoms with Gasteiger partial charge < -0.3 is 0 Å². The Balaban J connectivity index is 2.52. The van der Waals surface area contributed by atoms with Crippen LogP contribution >= 0.6 is 0 Å². The van der Waals surface area contributed by atoms with E-state index in [1.165, 1.54) is 6.20 Å². The molecule has 1 aromatic heterocycles. The molecular formula is C10H14N2O2. The molecule has 1 N–H and O–H groups in total. The summed E-state index contributed by atoms with van der Waals surface area (Å²) in [6, 6.07) is 3.38. The van der Waals surface area contributed by atoms with Gasteiger partial charge in [0.15, 0.2) is 0 Å². The molecule has 0 spiro atoms. The second-order valence-electron chi connectivity index (χ2n) is 3.89. The van der Waals surface area contributed by atoms with Crippen LogP contribution in [0.4, 0.5) is 0 Å². The SMILES string of the molecule is CC(C)(C)ONC(=O)c1cccnc1. The Morgan fingerprint density at radius 1 is 1.50 bits per heavy atom. The number of hydrogen-bond donors (Lipinski definition) is 1. The second kappa shape index (κ2) is 4.19. The molecule has 0 radical (unpaired) electrons. The number of hydroxylamine groups is 1. The van der Waals surface area contributed by atoms with Crippen LogP contribution in [0.25, 0.3) is 0 Å². The number of carbonyl (C=O) groups is 1. The first-order valence-electron chi connectivity index (χ1n) is 4.37. The quantitative estimate of drug-likeness (QED) is 0.726. The molecule has 0 saturated carbocycles. The van der Waals surface area contributed by atoms with Gasteiger partial charge in [-0.2, -0.15) is 0 Å². The predicted molar refractivity (Wildman–Crippen MR) is 52.5 cm³/mol. The first-order valence-corrected chi connectivity index (χ1v) is 4.37. The van der Waals surface area contributed by atoms with Crippen molar-refractivity contribution in [3.05, 3.63) is 30.1 Å². The minimum absolute atomic E-state index is 0.284. The summed E-state index contributed by atoms with van der Waals surface area (Å²) in [7, 11) is 0. The average Bonchev–Trinajstić information content (AvgIpc) is 2.14. The van der Waals surface area contributed by atoms with Crippen LogP contribution in [0, 0.1) is 0 Å². The molecule has 0 unspecified atom stereocenters. The fourth-order valence-electron chi connectivity index (χ4n) is 0.755. The maximum absolute atomic E-state index is 11.4. The molecule has 1 rings (SSSR count). The van der Waals surface area contributed by atoms with Crippen molar-refractivity contribution in [1.82, 2.24) is 10.5 Å². The van der Waals surface area contributed by atoms with Gasteiger partial charge in [-0.25, -0.2) is 5.48 Å². The number of carbonyl (C=O) groups excluding carboxylic acids is 1. The fourth-order valence-corrected chi connectivity index (χ4v) is 0.755. The van der Waals surface area contributed by atoms with Crippen LogP contribution < -0.4 is 5.48 Å². The fraction of sp³-hybridized carbons (Fsp3) is 0.400. The lowest BCUT2D eigenvalue weighted by Gasteiger charge is -2.18. The van der Waals surface area contributed by atoms with Crippen molar-refractivity contribution in [2.45, 2.75) is 26.4 Å². The van der Waals surface area contributed by atoms with Crippen LogP contribution in [0.3, 0.4) is 0 Å². The van der Waals surface area contributed by atoms with E-state index in [1.54, 1.807) is 18.3 Å². The van der Waals surface area contributed by atoms with Crippen molar-refractivity contribution in [3.8, 4) is 0 Å². The maximum atomic E-state index is 11.4. The van der Waals surface area contributed by atoms with E-state index in [0.717, 1.165) is 0 Å². The molecule has 0 atom stereocenters. The molecule has 0 saturated heterocycles. The van der Waals surface area contributed by atoms with Gasteiger partial charge in [0.25, 0.3) is 5.91 Å². The summed E-state index contributed by atoms with van der Waals surface area (Å²) in [6.07, 6.45) is 3.10. The molecule has 1 amide bonds. The molecule has 0 aliphatic rings. The third-order valence-corrected chi connectivity index (χ3v) is 1.37. The molecule has 4 heteroatoms. The molecule has 0 aliphatic carbocycles. The number of nitrogens with zero attached hydrogens (tertiary/aromatic N) is 1. The lowest BCUT2D eigenvalue weighted by atomic mass is 10.2. The van der Waals surface area contributed by atoms with Gasteiger partial charge in [0.1, 0.15) is 0 Å². The third kappa shape index (κ3) is 3.53. The van der Waals surface area contributed by atoms with Gasteiger partial charge in [-0.15, -0.1) is 0 Å². The van der Waals surface area contributed by atoms with Crippen LogP contribution in [0.2, 0.25) is 0 Å². The van der Waals surface area contributed by atoms with Crippen molar-refractivity contribution in [2.75, 3.05) is 0 Å². The Morgan fingerprint density at radius 2 is 2.21 bits per heavy atom. The molecule has 1 heterocycles. The molecule has 0 fully saturated rings. The topological polar surface area (TPSA) is 51.2 Å². The maximum Gasteiger partial charge on any atom is 0.276 e. The van der Waals surface area contributed by atoms with Gasteiger partial charge in [-0.1, -0.05) is 0 Å². The van der Waals surface area contributed by atoms with Crippen LogP contribution in [-0.2, 0) is 4.84 Å². The summed E-state index contributed by atoms with van der Waals surface area (Å²) in [5.74, 6) is -0.284. The molecular weight excluding hydrogens is 180 g/mol. The van der Waals surface area contributed by atoms with Crippen molar-refractivity contribution >= 4 is 5.91 Å². The average molecular weight is 194 g/mol. The van der Waals surface area contributed by atoms with E-state index < -0.39 is 5.60 Å². The molecule has 76 valence electrons. The van der Waals surface area contributed by atoms with Crippen molar-refractivity contribution in [2.24, 2.45) is 0 Å². The van der Waals surface area contributed by atoms with Crippen molar-refractivity contribution < 1.29 is 9.63 Å². The Labute approximate surface area is 83.3 Å². The first-order chi connectivity index (χ1) is 6.49. The Bertz CT molecular complexity index is 304. The smallest absolute Gasteiger partial charge is 0.268 e. The van der Waals surface area contributed by atoms with E-state index in [2.05, 4.69) is 10.5 Å². The summed E-state index contributed by atoms with van der Waals surface area (Å²) in [4.78, 5) is 20.4. The Kier molecular flexibility index (Phi) is 3.19. The molecule has 1 aromatic rings. The zero-order chi connectivity index (χ0) is 10.6. The van der Waals surface area contributed by atoms with Crippen LogP contribution in [0.15, 0.2) is 24.5 Å². The number of rotatable bonds is 2. The van der Waals surface area contributed by atoms with Crippen molar-refractivity contribution in [3.63, 3.8) is 0 Å². The standard InChI is InChI=1S/C10H14N2O2/c1-10(2,3)14-12-9(13)8-5-4-6-11-7-8/h4-7H,1-3H3,(H,12,13). The monoisotopic (exact) mass is 194 g/mol. The number of amides is 1. The summed E-state index contributed by atoms with van der Waals surface area (Å²) < 4.78 is 0. The van der Waals surface area contributed by atoms with Gasteiger partial charge >= 0.3 is 0 Å².